The van der Waals surface area contributed by atoms with Gasteiger partial charge in [-0.25, -0.2) is 0 Å². The fraction of sp³-hybridized carbons (Fsp3) is 0.0500. The smallest absolute Gasteiger partial charge is 0.244 e. The van der Waals surface area contributed by atoms with E-state index in [1.807, 2.05) is 72.8 Å². The van der Waals surface area contributed by atoms with E-state index in [4.69, 9.17) is 23.2 Å². The monoisotopic (exact) mass is 353 g/mol. The first-order chi connectivity index (χ1) is 11.6. The lowest BCUT2D eigenvalue weighted by molar-refractivity contribution is -0.118. The second kappa shape index (κ2) is 5.66. The fourth-order valence-corrected chi connectivity index (χ4v) is 3.65. The minimum absolute atomic E-state index is 0.0756. The highest BCUT2D eigenvalue weighted by molar-refractivity contribution is 6.31. The molecule has 0 unspecified atom stereocenters. The molecule has 0 radical (unpaired) electrons. The van der Waals surface area contributed by atoms with Gasteiger partial charge < -0.3 is 5.32 Å². The molecule has 3 aromatic carbocycles. The molecule has 0 spiro atoms. The standard InChI is InChI=1S/C20H13Cl2NO/c21-15-9-5-13(6-10-15)20(14-7-11-16(22)12-8-14)17-3-1-2-4-18(17)23-19(20)24/h1-12H,(H,23,24). The maximum atomic E-state index is 13.1. The summed E-state index contributed by atoms with van der Waals surface area (Å²) in [5, 5.41) is 4.28. The molecule has 0 saturated carbocycles. The van der Waals surface area contributed by atoms with Crippen molar-refractivity contribution in [3.05, 3.63) is 99.5 Å². The molecule has 0 fully saturated rings. The fourth-order valence-electron chi connectivity index (χ4n) is 3.40. The van der Waals surface area contributed by atoms with Crippen molar-refractivity contribution >= 4 is 34.8 Å². The van der Waals surface area contributed by atoms with Gasteiger partial charge in [0.15, 0.2) is 0 Å². The third-order valence-electron chi connectivity index (χ3n) is 4.47. The number of hydrogen-bond donors (Lipinski definition) is 1. The van der Waals surface area contributed by atoms with E-state index >= 15 is 0 Å². The van der Waals surface area contributed by atoms with Gasteiger partial charge in [0.2, 0.25) is 5.91 Å². The number of halogens is 2. The minimum Gasteiger partial charge on any atom is -0.324 e. The van der Waals surface area contributed by atoms with Crippen molar-refractivity contribution in [2.24, 2.45) is 0 Å². The van der Waals surface area contributed by atoms with Crippen molar-refractivity contribution in [3.8, 4) is 0 Å². The van der Waals surface area contributed by atoms with Gasteiger partial charge in [0.25, 0.3) is 0 Å². The van der Waals surface area contributed by atoms with Crippen molar-refractivity contribution in [2.45, 2.75) is 5.41 Å². The van der Waals surface area contributed by atoms with Gasteiger partial charge in [-0.1, -0.05) is 65.7 Å². The number of para-hydroxylation sites is 1. The highest BCUT2D eigenvalue weighted by atomic mass is 35.5. The molecular weight excluding hydrogens is 341 g/mol. The molecule has 24 heavy (non-hydrogen) atoms. The summed E-state index contributed by atoms with van der Waals surface area (Å²) < 4.78 is 0. The number of fused-ring (bicyclic) bond motifs is 1. The molecule has 1 amide bonds. The van der Waals surface area contributed by atoms with Crippen LogP contribution in [0.1, 0.15) is 16.7 Å². The first-order valence-corrected chi connectivity index (χ1v) is 8.31. The molecule has 0 bridgehead atoms. The van der Waals surface area contributed by atoms with E-state index in [0.29, 0.717) is 10.0 Å². The maximum absolute atomic E-state index is 13.1. The zero-order valence-electron chi connectivity index (χ0n) is 12.6. The molecule has 0 saturated heterocycles. The summed E-state index contributed by atoms with van der Waals surface area (Å²) in [7, 11) is 0. The van der Waals surface area contributed by atoms with Crippen molar-refractivity contribution < 1.29 is 4.79 Å². The van der Waals surface area contributed by atoms with Crippen LogP contribution in [0.2, 0.25) is 10.0 Å². The Bertz CT molecular complexity index is 872. The molecule has 2 nitrogen and oxygen atoms in total. The molecule has 1 aliphatic heterocycles. The Balaban J connectivity index is 2.06. The zero-order valence-corrected chi connectivity index (χ0v) is 14.1. The normalized spacial score (nSPS) is 15.0. The number of carbonyl (C=O) groups is 1. The van der Waals surface area contributed by atoms with Crippen LogP contribution in [0.3, 0.4) is 0 Å². The molecule has 4 rings (SSSR count). The summed E-state index contributed by atoms with van der Waals surface area (Å²) in [6, 6.07) is 22.6. The second-order valence-electron chi connectivity index (χ2n) is 5.76. The lowest BCUT2D eigenvalue weighted by Crippen LogP contribution is -2.36. The average molecular weight is 354 g/mol. The van der Waals surface area contributed by atoms with Gasteiger partial charge in [-0.15, -0.1) is 0 Å². The van der Waals surface area contributed by atoms with Gasteiger partial charge in [0, 0.05) is 21.3 Å². The summed E-state index contributed by atoms with van der Waals surface area (Å²) in [4.78, 5) is 13.1. The summed E-state index contributed by atoms with van der Waals surface area (Å²) >= 11 is 12.1. The van der Waals surface area contributed by atoms with Crippen LogP contribution in [0.25, 0.3) is 0 Å². The van der Waals surface area contributed by atoms with Crippen LogP contribution in [0.15, 0.2) is 72.8 Å². The van der Waals surface area contributed by atoms with Gasteiger partial charge in [0.1, 0.15) is 5.41 Å². The molecular formula is C20H13Cl2NO. The quantitative estimate of drug-likeness (QED) is 0.667. The first kappa shape index (κ1) is 15.3. The maximum Gasteiger partial charge on any atom is 0.244 e. The van der Waals surface area contributed by atoms with E-state index in [1.165, 1.54) is 0 Å². The van der Waals surface area contributed by atoms with E-state index in [9.17, 15) is 4.79 Å². The molecule has 3 aromatic rings. The summed E-state index contributed by atoms with van der Waals surface area (Å²) in [6.45, 7) is 0. The van der Waals surface area contributed by atoms with Crippen molar-refractivity contribution in [1.29, 1.82) is 0 Å². The number of carbonyl (C=O) groups excluding carboxylic acids is 1. The number of amides is 1. The molecule has 0 aliphatic carbocycles. The lowest BCUT2D eigenvalue weighted by atomic mass is 9.70. The van der Waals surface area contributed by atoms with Gasteiger partial charge in [-0.05, 0) is 41.5 Å². The van der Waals surface area contributed by atoms with Gasteiger partial charge in [0.05, 0.1) is 0 Å². The molecule has 0 atom stereocenters. The average Bonchev–Trinajstić information content (AvgIpc) is 2.89. The van der Waals surface area contributed by atoms with E-state index in [-0.39, 0.29) is 5.91 Å². The molecule has 0 aromatic heterocycles. The Morgan fingerprint density at radius 3 is 1.75 bits per heavy atom. The van der Waals surface area contributed by atoms with Crippen LogP contribution in [-0.4, -0.2) is 5.91 Å². The van der Waals surface area contributed by atoms with Crippen LogP contribution >= 0.6 is 23.2 Å². The van der Waals surface area contributed by atoms with E-state index in [0.717, 1.165) is 22.4 Å². The molecule has 118 valence electrons. The molecule has 4 heteroatoms. The highest BCUT2D eigenvalue weighted by Gasteiger charge is 2.49. The predicted molar refractivity (Wildman–Crippen MR) is 97.9 cm³/mol. The Morgan fingerprint density at radius 1 is 0.708 bits per heavy atom. The summed E-state index contributed by atoms with van der Waals surface area (Å²) in [6.07, 6.45) is 0. The first-order valence-electron chi connectivity index (χ1n) is 7.55. The van der Waals surface area contributed by atoms with E-state index < -0.39 is 5.41 Å². The van der Waals surface area contributed by atoms with Crippen LogP contribution < -0.4 is 5.32 Å². The van der Waals surface area contributed by atoms with Crippen molar-refractivity contribution in [3.63, 3.8) is 0 Å². The predicted octanol–water partition coefficient (Wildman–Crippen LogP) is 5.28. The number of benzene rings is 3. The Labute approximate surface area is 150 Å². The molecule has 1 aliphatic rings. The zero-order chi connectivity index (χ0) is 16.7. The Morgan fingerprint density at radius 2 is 1.21 bits per heavy atom. The topological polar surface area (TPSA) is 29.1 Å². The van der Waals surface area contributed by atoms with Crippen LogP contribution in [-0.2, 0) is 10.2 Å². The largest absolute Gasteiger partial charge is 0.324 e. The third-order valence-corrected chi connectivity index (χ3v) is 4.98. The second-order valence-corrected chi connectivity index (χ2v) is 6.64. The minimum atomic E-state index is -0.911. The highest BCUT2D eigenvalue weighted by Crippen LogP contribution is 2.47. The van der Waals surface area contributed by atoms with Gasteiger partial charge in [-0.2, -0.15) is 0 Å². The number of nitrogens with one attached hydrogen (secondary N) is 1. The number of anilines is 1. The molecule has 1 N–H and O–H groups in total. The number of rotatable bonds is 2. The Hall–Kier alpha value is -2.29. The summed E-state index contributed by atoms with van der Waals surface area (Å²) in [5.41, 5.74) is 2.59. The molecule has 1 heterocycles. The third kappa shape index (κ3) is 2.15. The summed E-state index contributed by atoms with van der Waals surface area (Å²) in [5.74, 6) is -0.0756. The SMILES string of the molecule is O=C1Nc2ccccc2C1(c1ccc(Cl)cc1)c1ccc(Cl)cc1. The van der Waals surface area contributed by atoms with Gasteiger partial charge >= 0.3 is 0 Å². The number of hydrogen-bond acceptors (Lipinski definition) is 1. The van der Waals surface area contributed by atoms with Crippen molar-refractivity contribution in [2.75, 3.05) is 5.32 Å². The lowest BCUT2D eigenvalue weighted by Gasteiger charge is -2.29. The van der Waals surface area contributed by atoms with Crippen molar-refractivity contribution in [1.82, 2.24) is 0 Å². The van der Waals surface area contributed by atoms with Gasteiger partial charge in [-0.3, -0.25) is 4.79 Å². The Kier molecular flexibility index (Phi) is 3.60. The van der Waals surface area contributed by atoms with Crippen LogP contribution in [0.4, 0.5) is 5.69 Å². The van der Waals surface area contributed by atoms with E-state index in [2.05, 4.69) is 5.32 Å². The van der Waals surface area contributed by atoms with Crippen LogP contribution in [0, 0.1) is 0 Å². The van der Waals surface area contributed by atoms with E-state index in [1.54, 1.807) is 0 Å². The van der Waals surface area contributed by atoms with Crippen LogP contribution in [0.5, 0.6) is 0 Å².